The molecule has 0 bridgehead atoms. The number of likely N-dealkylation sites (tertiary alicyclic amines) is 1. The van der Waals surface area contributed by atoms with Crippen molar-refractivity contribution < 1.29 is 14.0 Å². The predicted octanol–water partition coefficient (Wildman–Crippen LogP) is 2.71. The summed E-state index contributed by atoms with van der Waals surface area (Å²) < 4.78 is 5.73. The Balaban J connectivity index is 1.69. The fourth-order valence-corrected chi connectivity index (χ4v) is 4.46. The van der Waals surface area contributed by atoms with Crippen LogP contribution in [0.15, 0.2) is 16.5 Å². The van der Waals surface area contributed by atoms with Gasteiger partial charge >= 0.3 is 0 Å². The lowest BCUT2D eigenvalue weighted by molar-refractivity contribution is -0.136. The maximum atomic E-state index is 13.0. The van der Waals surface area contributed by atoms with Gasteiger partial charge in [0.25, 0.3) is 0 Å². The molecule has 6 heteroatoms. The van der Waals surface area contributed by atoms with Crippen LogP contribution in [0.3, 0.4) is 0 Å². The lowest BCUT2D eigenvalue weighted by Gasteiger charge is -2.28. The van der Waals surface area contributed by atoms with E-state index in [0.29, 0.717) is 32.6 Å². The summed E-state index contributed by atoms with van der Waals surface area (Å²) in [6.45, 7) is 8.65. The molecule has 1 saturated heterocycles. The maximum absolute atomic E-state index is 13.0. The summed E-state index contributed by atoms with van der Waals surface area (Å²) in [4.78, 5) is 29.6. The fraction of sp³-hybridized carbons (Fsp3) is 0.714. The Morgan fingerprint density at radius 1 is 1.22 bits per heavy atom. The molecule has 3 rings (SSSR count). The zero-order chi connectivity index (χ0) is 19.4. The van der Waals surface area contributed by atoms with E-state index >= 15 is 0 Å². The van der Waals surface area contributed by atoms with Gasteiger partial charge in [0.1, 0.15) is 11.5 Å². The number of likely N-dealkylation sites (N-methyl/N-ethyl adjacent to an activating group) is 1. The van der Waals surface area contributed by atoms with E-state index in [0.717, 1.165) is 37.2 Å². The molecule has 1 aliphatic carbocycles. The number of hydrogen-bond donors (Lipinski definition) is 1. The molecule has 1 saturated carbocycles. The summed E-state index contributed by atoms with van der Waals surface area (Å²) in [6.07, 6.45) is 4.96. The summed E-state index contributed by atoms with van der Waals surface area (Å²) in [5.74, 6) is 2.22. The van der Waals surface area contributed by atoms with Gasteiger partial charge in [-0.25, -0.2) is 0 Å². The quantitative estimate of drug-likeness (QED) is 0.796. The SMILES string of the molecule is CCN(CC)C(=O)[C@@H]1C[C@@H](NC(=O)C2CCCC2)CN1Cc1ccc(C)o1. The number of nitrogens with one attached hydrogen (secondary N) is 1. The highest BCUT2D eigenvalue weighted by Crippen LogP contribution is 2.27. The Labute approximate surface area is 162 Å². The highest BCUT2D eigenvalue weighted by atomic mass is 16.3. The molecule has 1 aromatic rings. The van der Waals surface area contributed by atoms with Crippen molar-refractivity contribution in [1.82, 2.24) is 15.1 Å². The lowest BCUT2D eigenvalue weighted by Crippen LogP contribution is -2.45. The van der Waals surface area contributed by atoms with Gasteiger partial charge in [-0.15, -0.1) is 0 Å². The van der Waals surface area contributed by atoms with Crippen LogP contribution in [0, 0.1) is 12.8 Å². The van der Waals surface area contributed by atoms with Crippen molar-refractivity contribution in [3.8, 4) is 0 Å². The normalized spacial score (nSPS) is 23.7. The van der Waals surface area contributed by atoms with Gasteiger partial charge in [0, 0.05) is 31.6 Å². The van der Waals surface area contributed by atoms with Crippen molar-refractivity contribution in [2.24, 2.45) is 5.92 Å². The molecule has 2 atom stereocenters. The topological polar surface area (TPSA) is 65.8 Å². The van der Waals surface area contributed by atoms with Crippen molar-refractivity contribution in [2.75, 3.05) is 19.6 Å². The molecule has 2 heterocycles. The standard InChI is InChI=1S/C21H33N3O3/c1-4-23(5-2)21(26)19-12-17(22-20(25)16-8-6-7-9-16)13-24(19)14-18-11-10-15(3)27-18/h10-11,16-17,19H,4-9,12-14H2,1-3H3,(H,22,25)/t17-,19+/m1/s1. The van der Waals surface area contributed by atoms with Crippen LogP contribution in [0.4, 0.5) is 0 Å². The smallest absolute Gasteiger partial charge is 0.240 e. The summed E-state index contributed by atoms with van der Waals surface area (Å²) >= 11 is 0. The van der Waals surface area contributed by atoms with Gasteiger partial charge in [-0.3, -0.25) is 14.5 Å². The third-order valence-electron chi connectivity index (χ3n) is 5.99. The highest BCUT2D eigenvalue weighted by Gasteiger charge is 2.40. The maximum Gasteiger partial charge on any atom is 0.240 e. The number of rotatable bonds is 7. The van der Waals surface area contributed by atoms with E-state index in [1.165, 1.54) is 0 Å². The Bertz CT molecular complexity index is 647. The van der Waals surface area contributed by atoms with E-state index in [1.54, 1.807) is 0 Å². The van der Waals surface area contributed by atoms with E-state index in [1.807, 2.05) is 37.8 Å². The van der Waals surface area contributed by atoms with Crippen LogP contribution >= 0.6 is 0 Å². The monoisotopic (exact) mass is 375 g/mol. The van der Waals surface area contributed by atoms with Crippen LogP contribution in [0.2, 0.25) is 0 Å². The fourth-order valence-electron chi connectivity index (χ4n) is 4.46. The first-order chi connectivity index (χ1) is 13.0. The minimum absolute atomic E-state index is 0.0265. The molecule has 1 aliphatic heterocycles. The van der Waals surface area contributed by atoms with Crippen molar-refractivity contribution >= 4 is 11.8 Å². The van der Waals surface area contributed by atoms with Gasteiger partial charge in [-0.2, -0.15) is 0 Å². The highest BCUT2D eigenvalue weighted by molar-refractivity contribution is 5.83. The second kappa shape index (κ2) is 8.91. The number of furan rings is 1. The molecule has 2 aliphatic rings. The number of carbonyl (C=O) groups excluding carboxylic acids is 2. The predicted molar refractivity (Wildman–Crippen MR) is 104 cm³/mol. The van der Waals surface area contributed by atoms with Crippen LogP contribution < -0.4 is 5.32 Å². The largest absolute Gasteiger partial charge is 0.465 e. The van der Waals surface area contributed by atoms with Gasteiger partial charge in [0.05, 0.1) is 12.6 Å². The Hall–Kier alpha value is -1.82. The van der Waals surface area contributed by atoms with Gasteiger partial charge in [0.15, 0.2) is 0 Å². The second-order valence-corrected chi connectivity index (χ2v) is 7.89. The van der Waals surface area contributed by atoms with E-state index in [4.69, 9.17) is 4.42 Å². The molecular weight excluding hydrogens is 342 g/mol. The Morgan fingerprint density at radius 3 is 2.52 bits per heavy atom. The molecule has 0 radical (unpaired) electrons. The third-order valence-corrected chi connectivity index (χ3v) is 5.99. The molecule has 2 fully saturated rings. The van der Waals surface area contributed by atoms with E-state index < -0.39 is 0 Å². The number of hydrogen-bond acceptors (Lipinski definition) is 4. The van der Waals surface area contributed by atoms with Crippen molar-refractivity contribution in [3.63, 3.8) is 0 Å². The molecular formula is C21H33N3O3. The van der Waals surface area contributed by atoms with E-state index in [-0.39, 0.29) is 29.8 Å². The van der Waals surface area contributed by atoms with Gasteiger partial charge in [-0.1, -0.05) is 12.8 Å². The molecule has 0 spiro atoms. The summed E-state index contributed by atoms with van der Waals surface area (Å²) in [5, 5.41) is 3.22. The first kappa shape index (κ1) is 19.9. The summed E-state index contributed by atoms with van der Waals surface area (Å²) in [6, 6.07) is 3.74. The number of nitrogens with zero attached hydrogens (tertiary/aromatic N) is 2. The van der Waals surface area contributed by atoms with Gasteiger partial charge < -0.3 is 14.6 Å². The minimum atomic E-state index is -0.204. The zero-order valence-electron chi connectivity index (χ0n) is 16.9. The molecule has 1 N–H and O–H groups in total. The van der Waals surface area contributed by atoms with Crippen LogP contribution in [-0.4, -0.2) is 53.3 Å². The molecule has 2 amide bonds. The second-order valence-electron chi connectivity index (χ2n) is 7.89. The van der Waals surface area contributed by atoms with E-state index in [9.17, 15) is 9.59 Å². The summed E-state index contributed by atoms with van der Waals surface area (Å²) in [5.41, 5.74) is 0. The summed E-state index contributed by atoms with van der Waals surface area (Å²) in [7, 11) is 0. The zero-order valence-corrected chi connectivity index (χ0v) is 16.9. The van der Waals surface area contributed by atoms with Crippen molar-refractivity contribution in [1.29, 1.82) is 0 Å². The Kier molecular flexibility index (Phi) is 6.58. The molecule has 1 aromatic heterocycles. The molecule has 150 valence electrons. The van der Waals surface area contributed by atoms with Crippen LogP contribution in [0.25, 0.3) is 0 Å². The lowest BCUT2D eigenvalue weighted by atomic mass is 10.1. The number of aryl methyl sites for hydroxylation is 1. The molecule has 27 heavy (non-hydrogen) atoms. The average Bonchev–Trinajstić information content (AvgIpc) is 3.38. The van der Waals surface area contributed by atoms with Crippen molar-refractivity contribution in [3.05, 3.63) is 23.7 Å². The molecule has 0 aromatic carbocycles. The molecule has 6 nitrogen and oxygen atoms in total. The Morgan fingerprint density at radius 2 is 1.93 bits per heavy atom. The minimum Gasteiger partial charge on any atom is -0.465 e. The number of carbonyl (C=O) groups is 2. The first-order valence-corrected chi connectivity index (χ1v) is 10.4. The van der Waals surface area contributed by atoms with Gasteiger partial charge in [0.2, 0.25) is 11.8 Å². The van der Waals surface area contributed by atoms with Crippen LogP contribution in [0.1, 0.15) is 57.5 Å². The first-order valence-electron chi connectivity index (χ1n) is 10.4. The van der Waals surface area contributed by atoms with E-state index in [2.05, 4.69) is 10.2 Å². The van der Waals surface area contributed by atoms with Gasteiger partial charge in [-0.05, 0) is 52.2 Å². The molecule has 0 unspecified atom stereocenters. The number of amides is 2. The van der Waals surface area contributed by atoms with Crippen LogP contribution in [0.5, 0.6) is 0 Å². The van der Waals surface area contributed by atoms with Crippen LogP contribution in [-0.2, 0) is 16.1 Å². The average molecular weight is 376 g/mol. The van der Waals surface area contributed by atoms with Crippen molar-refractivity contribution in [2.45, 2.75) is 71.5 Å². The third kappa shape index (κ3) is 4.72.